The van der Waals surface area contributed by atoms with E-state index in [2.05, 4.69) is 20.5 Å². The van der Waals surface area contributed by atoms with Gasteiger partial charge < -0.3 is 20.3 Å². The molecule has 3 fully saturated rings. The van der Waals surface area contributed by atoms with Crippen LogP contribution in [0.25, 0.3) is 0 Å². The Kier molecular flexibility index (Phi) is 6.94. The van der Waals surface area contributed by atoms with E-state index in [9.17, 15) is 4.79 Å². The Morgan fingerprint density at radius 3 is 3.00 bits per heavy atom. The van der Waals surface area contributed by atoms with E-state index in [1.807, 2.05) is 7.05 Å². The number of nitrogens with zero attached hydrogens (tertiary/aromatic N) is 2. The van der Waals surface area contributed by atoms with Crippen LogP contribution in [-0.4, -0.2) is 62.7 Å². The van der Waals surface area contributed by atoms with Gasteiger partial charge in [0.15, 0.2) is 5.96 Å². The van der Waals surface area contributed by atoms with E-state index in [0.29, 0.717) is 12.5 Å². The number of guanidine groups is 1. The lowest BCUT2D eigenvalue weighted by Gasteiger charge is -2.41. The van der Waals surface area contributed by atoms with E-state index < -0.39 is 0 Å². The van der Waals surface area contributed by atoms with Crippen LogP contribution in [-0.2, 0) is 9.53 Å². The summed E-state index contributed by atoms with van der Waals surface area (Å²) in [6, 6.07) is 0. The summed E-state index contributed by atoms with van der Waals surface area (Å²) in [4.78, 5) is 18.4. The predicted octanol–water partition coefficient (Wildman–Crippen LogP) is 1.35. The lowest BCUT2D eigenvalue weighted by atomic mass is 9.79. The van der Waals surface area contributed by atoms with Gasteiger partial charge in [-0.1, -0.05) is 0 Å². The molecule has 2 N–H and O–H groups in total. The molecule has 1 amide bonds. The van der Waals surface area contributed by atoms with Crippen molar-refractivity contribution in [3.8, 4) is 0 Å². The van der Waals surface area contributed by atoms with Crippen LogP contribution in [0.1, 0.15) is 38.5 Å². The molecule has 3 heterocycles. The van der Waals surface area contributed by atoms with Crippen molar-refractivity contribution in [1.29, 1.82) is 0 Å². The maximum Gasteiger partial charge on any atom is 0.220 e. The van der Waals surface area contributed by atoms with Crippen molar-refractivity contribution < 1.29 is 9.53 Å². The van der Waals surface area contributed by atoms with Crippen LogP contribution in [0, 0.1) is 5.41 Å². The molecular formula is C16H29IN4O2. The monoisotopic (exact) mass is 436 g/mol. The van der Waals surface area contributed by atoms with Crippen LogP contribution in [0.2, 0.25) is 0 Å². The largest absolute Gasteiger partial charge is 0.376 e. The van der Waals surface area contributed by atoms with Gasteiger partial charge in [0, 0.05) is 51.7 Å². The van der Waals surface area contributed by atoms with Gasteiger partial charge in [-0.15, -0.1) is 24.0 Å². The topological polar surface area (TPSA) is 66.0 Å². The predicted molar refractivity (Wildman–Crippen MR) is 101 cm³/mol. The summed E-state index contributed by atoms with van der Waals surface area (Å²) in [5.41, 5.74) is 0.105. The number of rotatable bonds is 2. The van der Waals surface area contributed by atoms with Gasteiger partial charge >= 0.3 is 0 Å². The molecule has 23 heavy (non-hydrogen) atoms. The zero-order valence-electron chi connectivity index (χ0n) is 14.0. The van der Waals surface area contributed by atoms with E-state index >= 15 is 0 Å². The molecule has 6 nitrogen and oxygen atoms in total. The fourth-order valence-corrected chi connectivity index (χ4v) is 3.93. The maximum absolute atomic E-state index is 11.6. The Hall–Kier alpha value is -0.570. The molecule has 2 unspecified atom stereocenters. The van der Waals surface area contributed by atoms with Crippen molar-refractivity contribution >= 4 is 35.8 Å². The molecule has 3 saturated heterocycles. The van der Waals surface area contributed by atoms with Crippen LogP contribution >= 0.6 is 24.0 Å². The highest BCUT2D eigenvalue weighted by molar-refractivity contribution is 14.0. The van der Waals surface area contributed by atoms with Gasteiger partial charge in [-0.25, -0.2) is 0 Å². The fraction of sp³-hybridized carbons (Fsp3) is 0.875. The molecule has 0 aromatic heterocycles. The van der Waals surface area contributed by atoms with Crippen LogP contribution < -0.4 is 10.6 Å². The molecular weight excluding hydrogens is 407 g/mol. The number of ether oxygens (including phenoxy) is 1. The standard InChI is InChI=1S/C16H28N4O2.HI/c1-17-15(18-10-13-5-2-3-8-22-13)20-7-4-6-16(12-20)9-14(21)19-11-16;/h13H,2-12H2,1H3,(H,17,18)(H,19,21);1H. The van der Waals surface area contributed by atoms with Crippen molar-refractivity contribution in [2.45, 2.75) is 44.6 Å². The van der Waals surface area contributed by atoms with E-state index in [4.69, 9.17) is 4.74 Å². The first kappa shape index (κ1) is 18.8. The SMILES string of the molecule is CN=C(NCC1CCCCO1)N1CCCC2(CNC(=O)C2)C1.I. The highest BCUT2D eigenvalue weighted by Gasteiger charge is 2.42. The lowest BCUT2D eigenvalue weighted by molar-refractivity contribution is -0.119. The van der Waals surface area contributed by atoms with Gasteiger partial charge in [0.2, 0.25) is 5.91 Å². The third-order valence-electron chi connectivity index (χ3n) is 5.13. The Morgan fingerprint density at radius 1 is 1.48 bits per heavy atom. The Balaban J connectivity index is 0.00000192. The molecule has 0 saturated carbocycles. The maximum atomic E-state index is 11.6. The van der Waals surface area contributed by atoms with Crippen molar-refractivity contribution in [3.63, 3.8) is 0 Å². The average Bonchev–Trinajstić information content (AvgIpc) is 2.89. The molecule has 0 aliphatic carbocycles. The highest BCUT2D eigenvalue weighted by Crippen LogP contribution is 2.35. The van der Waals surface area contributed by atoms with Crippen LogP contribution in [0.4, 0.5) is 0 Å². The molecule has 0 aromatic rings. The summed E-state index contributed by atoms with van der Waals surface area (Å²) in [6.45, 7) is 4.45. The molecule has 3 aliphatic heterocycles. The summed E-state index contributed by atoms with van der Waals surface area (Å²) in [5.74, 6) is 1.15. The molecule has 3 aliphatic rings. The first-order valence-corrected chi connectivity index (χ1v) is 8.55. The minimum absolute atomic E-state index is 0. The van der Waals surface area contributed by atoms with Crippen LogP contribution in [0.15, 0.2) is 4.99 Å². The number of carbonyl (C=O) groups excluding carboxylic acids is 1. The molecule has 0 aromatic carbocycles. The Bertz CT molecular complexity index is 440. The number of hydrogen-bond acceptors (Lipinski definition) is 3. The molecule has 132 valence electrons. The first-order valence-electron chi connectivity index (χ1n) is 8.55. The van der Waals surface area contributed by atoms with Crippen LogP contribution in [0.5, 0.6) is 0 Å². The number of halogens is 1. The zero-order chi connectivity index (χ0) is 15.4. The summed E-state index contributed by atoms with van der Waals surface area (Å²) in [5, 5.41) is 6.47. The van der Waals surface area contributed by atoms with Gasteiger partial charge in [-0.2, -0.15) is 0 Å². The summed E-state index contributed by atoms with van der Waals surface area (Å²) < 4.78 is 5.78. The third kappa shape index (κ3) is 4.71. The first-order chi connectivity index (χ1) is 10.7. The zero-order valence-corrected chi connectivity index (χ0v) is 16.3. The second kappa shape index (κ2) is 8.50. The van der Waals surface area contributed by atoms with Gasteiger partial charge in [0.05, 0.1) is 6.10 Å². The quantitative estimate of drug-likeness (QED) is 0.390. The van der Waals surface area contributed by atoms with Crippen molar-refractivity contribution in [1.82, 2.24) is 15.5 Å². The van der Waals surface area contributed by atoms with E-state index in [1.54, 1.807) is 0 Å². The second-order valence-corrected chi connectivity index (χ2v) is 6.90. The number of aliphatic imine (C=N–C) groups is 1. The molecule has 2 atom stereocenters. The second-order valence-electron chi connectivity index (χ2n) is 6.90. The molecule has 1 spiro atoms. The van der Waals surface area contributed by atoms with Crippen molar-refractivity contribution in [3.05, 3.63) is 0 Å². The van der Waals surface area contributed by atoms with E-state index in [0.717, 1.165) is 58.0 Å². The van der Waals surface area contributed by atoms with Gasteiger partial charge in [0.25, 0.3) is 0 Å². The van der Waals surface area contributed by atoms with E-state index in [1.165, 1.54) is 12.8 Å². The van der Waals surface area contributed by atoms with Crippen molar-refractivity contribution in [2.75, 3.05) is 39.8 Å². The van der Waals surface area contributed by atoms with E-state index in [-0.39, 0.29) is 35.3 Å². The Morgan fingerprint density at radius 2 is 2.35 bits per heavy atom. The lowest BCUT2D eigenvalue weighted by Crippen LogP contribution is -2.52. The van der Waals surface area contributed by atoms with Gasteiger partial charge in [-0.05, 0) is 32.1 Å². The molecule has 0 bridgehead atoms. The number of carbonyl (C=O) groups is 1. The minimum atomic E-state index is 0. The molecule has 3 rings (SSSR count). The fourth-order valence-electron chi connectivity index (χ4n) is 3.93. The number of amides is 1. The smallest absolute Gasteiger partial charge is 0.220 e. The third-order valence-corrected chi connectivity index (χ3v) is 5.13. The number of likely N-dealkylation sites (tertiary alicyclic amines) is 1. The summed E-state index contributed by atoms with van der Waals surface area (Å²) in [6.07, 6.45) is 6.78. The van der Waals surface area contributed by atoms with Gasteiger partial charge in [0.1, 0.15) is 0 Å². The summed E-state index contributed by atoms with van der Waals surface area (Å²) >= 11 is 0. The number of piperidine rings is 1. The molecule has 7 heteroatoms. The number of hydrogen-bond donors (Lipinski definition) is 2. The molecule has 0 radical (unpaired) electrons. The Labute approximate surface area is 155 Å². The highest BCUT2D eigenvalue weighted by atomic mass is 127. The van der Waals surface area contributed by atoms with Gasteiger partial charge in [-0.3, -0.25) is 9.79 Å². The van der Waals surface area contributed by atoms with Crippen LogP contribution in [0.3, 0.4) is 0 Å². The average molecular weight is 436 g/mol. The van der Waals surface area contributed by atoms with Crippen molar-refractivity contribution in [2.24, 2.45) is 10.4 Å². The normalized spacial score (nSPS) is 31.7. The summed E-state index contributed by atoms with van der Waals surface area (Å²) in [7, 11) is 1.84. The number of nitrogens with one attached hydrogen (secondary N) is 2. The minimum Gasteiger partial charge on any atom is -0.376 e.